The van der Waals surface area contributed by atoms with Crippen LogP contribution in [-0.4, -0.2) is 37.9 Å². The zero-order valence-corrected chi connectivity index (χ0v) is 13.5. The third-order valence-corrected chi connectivity index (χ3v) is 3.70. The summed E-state index contributed by atoms with van der Waals surface area (Å²) in [5, 5.41) is 2.41. The van der Waals surface area contributed by atoms with Gasteiger partial charge in [0, 0.05) is 25.0 Å². The molecular weight excluding hydrogens is 303 g/mol. The van der Waals surface area contributed by atoms with Gasteiger partial charge in [0.05, 0.1) is 12.9 Å². The van der Waals surface area contributed by atoms with Crippen LogP contribution in [0.1, 0.15) is 17.3 Å². The summed E-state index contributed by atoms with van der Waals surface area (Å²) in [6, 6.07) is 6.01. The van der Waals surface area contributed by atoms with Crippen molar-refractivity contribution >= 4 is 28.6 Å². The molecule has 4 nitrogen and oxygen atoms in total. The molecule has 1 aromatic carbocycles. The Morgan fingerprint density at radius 1 is 1.36 bits per heavy atom. The lowest BCUT2D eigenvalue weighted by atomic mass is 10.0. The summed E-state index contributed by atoms with van der Waals surface area (Å²) in [4.78, 5) is 18.4. The molecule has 6 heteroatoms. The summed E-state index contributed by atoms with van der Waals surface area (Å²) in [7, 11) is 3.70. The Bertz CT molecular complexity index is 678. The summed E-state index contributed by atoms with van der Waals surface area (Å²) in [6.07, 6.45) is 1.63. The summed E-state index contributed by atoms with van der Waals surface area (Å²) in [5.41, 5.74) is 1.87. The number of halogens is 1. The molecule has 22 heavy (non-hydrogen) atoms. The molecule has 0 saturated heterocycles. The van der Waals surface area contributed by atoms with E-state index in [2.05, 4.69) is 4.99 Å². The fraction of sp³-hybridized carbons (Fsp3) is 0.250. The molecule has 116 valence electrons. The second-order valence-corrected chi connectivity index (χ2v) is 5.62. The average Bonchev–Trinajstić information content (AvgIpc) is 2.90. The van der Waals surface area contributed by atoms with E-state index in [1.807, 2.05) is 19.5 Å². The molecule has 0 bridgehead atoms. The van der Waals surface area contributed by atoms with E-state index in [4.69, 9.17) is 4.74 Å². The summed E-state index contributed by atoms with van der Waals surface area (Å²) in [5.74, 6) is -0.739. The molecule has 0 aliphatic heterocycles. The number of carbonyl (C=O) groups excluding carboxylic acids is 1. The molecule has 0 aliphatic rings. The molecule has 0 unspecified atom stereocenters. The Balaban J connectivity index is 2.49. The van der Waals surface area contributed by atoms with Crippen molar-refractivity contribution in [2.24, 2.45) is 4.99 Å². The van der Waals surface area contributed by atoms with Gasteiger partial charge >= 0.3 is 5.97 Å². The molecule has 0 spiro atoms. The second-order valence-electron chi connectivity index (χ2n) is 4.77. The predicted octanol–water partition coefficient (Wildman–Crippen LogP) is 3.95. The minimum atomic E-state index is -0.422. The van der Waals surface area contributed by atoms with Crippen LogP contribution < -0.4 is 0 Å². The van der Waals surface area contributed by atoms with E-state index in [9.17, 15) is 9.18 Å². The van der Waals surface area contributed by atoms with Gasteiger partial charge < -0.3 is 9.64 Å². The summed E-state index contributed by atoms with van der Waals surface area (Å²) >= 11 is 1.35. The molecule has 2 aromatic rings. The van der Waals surface area contributed by atoms with E-state index < -0.39 is 5.97 Å². The van der Waals surface area contributed by atoms with Gasteiger partial charge in [-0.25, -0.2) is 14.2 Å². The zero-order chi connectivity index (χ0) is 16.1. The van der Waals surface area contributed by atoms with Gasteiger partial charge in [-0.3, -0.25) is 0 Å². The largest absolute Gasteiger partial charge is 0.462 e. The molecule has 2 rings (SSSR count). The van der Waals surface area contributed by atoms with Crippen LogP contribution in [0.2, 0.25) is 0 Å². The minimum absolute atomic E-state index is 0.286. The lowest BCUT2D eigenvalue weighted by Crippen LogP contribution is -2.08. The lowest BCUT2D eigenvalue weighted by molar-refractivity contribution is 0.0529. The van der Waals surface area contributed by atoms with E-state index >= 15 is 0 Å². The van der Waals surface area contributed by atoms with E-state index in [0.29, 0.717) is 16.1 Å². The Morgan fingerprint density at radius 3 is 2.64 bits per heavy atom. The average molecular weight is 320 g/mol. The van der Waals surface area contributed by atoms with Crippen LogP contribution in [0.15, 0.2) is 34.6 Å². The number of benzene rings is 1. The first kappa shape index (κ1) is 16.2. The monoisotopic (exact) mass is 320 g/mol. The Kier molecular flexibility index (Phi) is 5.27. The number of carbonyl (C=O) groups is 1. The molecule has 0 aliphatic carbocycles. The highest BCUT2D eigenvalue weighted by Crippen LogP contribution is 2.37. The van der Waals surface area contributed by atoms with Crippen molar-refractivity contribution < 1.29 is 13.9 Å². The molecule has 0 N–H and O–H groups in total. The van der Waals surface area contributed by atoms with Crippen molar-refractivity contribution in [1.29, 1.82) is 0 Å². The highest BCUT2D eigenvalue weighted by Gasteiger charge is 2.21. The Morgan fingerprint density at radius 2 is 2.05 bits per heavy atom. The van der Waals surface area contributed by atoms with Gasteiger partial charge in [0.15, 0.2) is 0 Å². The topological polar surface area (TPSA) is 41.9 Å². The van der Waals surface area contributed by atoms with Gasteiger partial charge in [-0.15, -0.1) is 11.3 Å². The number of thiophene rings is 1. The molecule has 0 atom stereocenters. The standard InChI is InChI=1S/C16H17FN2O2S/c1-4-21-16(20)14-13(11-5-7-12(17)8-6-11)9-22-15(14)18-10-19(2)3/h5-10H,4H2,1-3H3/b18-10+. The third kappa shape index (κ3) is 3.71. The number of hydrogen-bond acceptors (Lipinski definition) is 4. The number of rotatable bonds is 5. The van der Waals surface area contributed by atoms with Crippen molar-refractivity contribution in [3.8, 4) is 11.1 Å². The fourth-order valence-electron chi connectivity index (χ4n) is 1.85. The number of nitrogens with zero attached hydrogens (tertiary/aromatic N) is 2. The van der Waals surface area contributed by atoms with Gasteiger partial charge in [0.1, 0.15) is 16.4 Å². The number of ether oxygens (including phenoxy) is 1. The van der Waals surface area contributed by atoms with E-state index in [1.165, 1.54) is 23.5 Å². The first-order valence-electron chi connectivity index (χ1n) is 6.78. The Hall–Kier alpha value is -2.21. The van der Waals surface area contributed by atoms with Crippen molar-refractivity contribution in [3.05, 3.63) is 41.0 Å². The van der Waals surface area contributed by atoms with Gasteiger partial charge in [0.2, 0.25) is 0 Å². The SMILES string of the molecule is CCOC(=O)c1c(-c2ccc(F)cc2)csc1/N=C/N(C)C. The first-order valence-corrected chi connectivity index (χ1v) is 7.66. The first-order chi connectivity index (χ1) is 10.5. The van der Waals surface area contributed by atoms with Crippen LogP contribution in [0.4, 0.5) is 9.39 Å². The van der Waals surface area contributed by atoms with Crippen molar-refractivity contribution in [2.45, 2.75) is 6.92 Å². The molecule has 0 saturated carbocycles. The van der Waals surface area contributed by atoms with Crippen LogP contribution in [0.3, 0.4) is 0 Å². The maximum atomic E-state index is 13.1. The minimum Gasteiger partial charge on any atom is -0.462 e. The molecule has 0 amide bonds. The third-order valence-electron chi connectivity index (χ3n) is 2.81. The fourth-order valence-corrected chi connectivity index (χ4v) is 2.76. The van der Waals surface area contributed by atoms with Crippen LogP contribution in [0.25, 0.3) is 11.1 Å². The number of hydrogen-bond donors (Lipinski definition) is 0. The molecule has 0 fully saturated rings. The van der Waals surface area contributed by atoms with E-state index in [1.54, 1.807) is 30.3 Å². The molecule has 1 heterocycles. The van der Waals surface area contributed by atoms with Crippen LogP contribution in [0.5, 0.6) is 0 Å². The van der Waals surface area contributed by atoms with Crippen molar-refractivity contribution in [1.82, 2.24) is 4.90 Å². The number of aliphatic imine (C=N–C) groups is 1. The highest BCUT2D eigenvalue weighted by atomic mass is 32.1. The van der Waals surface area contributed by atoms with Crippen molar-refractivity contribution in [3.63, 3.8) is 0 Å². The van der Waals surface area contributed by atoms with E-state index in [0.717, 1.165) is 5.56 Å². The number of esters is 1. The van der Waals surface area contributed by atoms with Crippen LogP contribution in [0, 0.1) is 5.82 Å². The summed E-state index contributed by atoms with van der Waals surface area (Å²) in [6.45, 7) is 2.04. The normalized spacial score (nSPS) is 10.9. The van der Waals surface area contributed by atoms with Crippen LogP contribution >= 0.6 is 11.3 Å². The van der Waals surface area contributed by atoms with E-state index in [-0.39, 0.29) is 12.4 Å². The second kappa shape index (κ2) is 7.17. The van der Waals surface area contributed by atoms with Gasteiger partial charge in [-0.1, -0.05) is 12.1 Å². The van der Waals surface area contributed by atoms with Crippen molar-refractivity contribution in [2.75, 3.05) is 20.7 Å². The van der Waals surface area contributed by atoms with Gasteiger partial charge in [0.25, 0.3) is 0 Å². The molecule has 0 radical (unpaired) electrons. The smallest absolute Gasteiger partial charge is 0.341 e. The zero-order valence-electron chi connectivity index (χ0n) is 12.7. The molecular formula is C16H17FN2O2S. The molecule has 1 aromatic heterocycles. The Labute approximate surface area is 132 Å². The quantitative estimate of drug-likeness (QED) is 0.476. The summed E-state index contributed by atoms with van der Waals surface area (Å²) < 4.78 is 18.2. The van der Waals surface area contributed by atoms with Gasteiger partial charge in [-0.05, 0) is 24.6 Å². The predicted molar refractivity (Wildman–Crippen MR) is 87.5 cm³/mol. The maximum Gasteiger partial charge on any atom is 0.341 e. The highest BCUT2D eigenvalue weighted by molar-refractivity contribution is 7.14. The van der Waals surface area contributed by atoms with Gasteiger partial charge in [-0.2, -0.15) is 0 Å². The maximum absolute atomic E-state index is 13.1. The van der Waals surface area contributed by atoms with Crippen LogP contribution in [-0.2, 0) is 4.74 Å². The lowest BCUT2D eigenvalue weighted by Gasteiger charge is -2.06.